The highest BCUT2D eigenvalue weighted by Crippen LogP contribution is 2.36. The molecule has 1 aliphatic heterocycles. The van der Waals surface area contributed by atoms with Gasteiger partial charge >= 0.3 is 6.18 Å². The summed E-state index contributed by atoms with van der Waals surface area (Å²) in [5, 5.41) is 14.7. The Bertz CT molecular complexity index is 830. The molecule has 0 bridgehead atoms. The van der Waals surface area contributed by atoms with Gasteiger partial charge in [-0.3, -0.25) is 0 Å². The van der Waals surface area contributed by atoms with Gasteiger partial charge in [0.25, 0.3) is 0 Å². The third-order valence-electron chi connectivity index (χ3n) is 4.99. The third-order valence-corrected chi connectivity index (χ3v) is 5.35. The third kappa shape index (κ3) is 4.42. The molecule has 0 saturated carbocycles. The molecule has 3 nitrogen and oxygen atoms in total. The minimum Gasteiger partial charge on any atom is -0.385 e. The van der Waals surface area contributed by atoms with Gasteiger partial charge in [-0.05, 0) is 61.3 Å². The number of thiocarbonyl (C=S) groups is 1. The molecule has 7 heteroatoms. The van der Waals surface area contributed by atoms with E-state index < -0.39 is 17.3 Å². The Labute approximate surface area is 161 Å². The predicted octanol–water partition coefficient (Wildman–Crippen LogP) is 4.69. The van der Waals surface area contributed by atoms with E-state index in [1.54, 1.807) is 6.07 Å². The van der Waals surface area contributed by atoms with Crippen LogP contribution >= 0.6 is 12.2 Å². The van der Waals surface area contributed by atoms with Crippen LogP contribution in [0.2, 0.25) is 0 Å². The van der Waals surface area contributed by atoms with Gasteiger partial charge < -0.3 is 15.3 Å². The molecule has 0 atom stereocenters. The number of para-hydroxylation sites is 1. The van der Waals surface area contributed by atoms with E-state index in [-0.39, 0.29) is 0 Å². The van der Waals surface area contributed by atoms with Crippen molar-refractivity contribution in [1.82, 2.24) is 4.90 Å². The molecule has 2 aromatic rings. The molecule has 2 N–H and O–H groups in total. The van der Waals surface area contributed by atoms with Crippen LogP contribution in [-0.4, -0.2) is 28.2 Å². The maximum Gasteiger partial charge on any atom is 0.416 e. The average molecular weight is 394 g/mol. The van der Waals surface area contributed by atoms with Crippen molar-refractivity contribution in [2.24, 2.45) is 0 Å². The van der Waals surface area contributed by atoms with Gasteiger partial charge in [-0.25, -0.2) is 0 Å². The second-order valence-corrected chi connectivity index (χ2v) is 7.23. The summed E-state index contributed by atoms with van der Waals surface area (Å²) in [4.78, 5) is 1.93. The zero-order valence-electron chi connectivity index (χ0n) is 14.9. The molecular formula is C20H21F3N2OS. The zero-order chi connectivity index (χ0) is 19.7. The first-order valence-electron chi connectivity index (χ1n) is 8.71. The fourth-order valence-corrected chi connectivity index (χ4v) is 3.55. The van der Waals surface area contributed by atoms with E-state index in [4.69, 9.17) is 12.2 Å². The van der Waals surface area contributed by atoms with Gasteiger partial charge in [0.2, 0.25) is 0 Å². The Morgan fingerprint density at radius 1 is 1.11 bits per heavy atom. The Hall–Kier alpha value is -2.12. The summed E-state index contributed by atoms with van der Waals surface area (Å²) < 4.78 is 38.9. The molecule has 0 radical (unpaired) electrons. The van der Waals surface area contributed by atoms with E-state index in [2.05, 4.69) is 5.32 Å². The van der Waals surface area contributed by atoms with Crippen molar-refractivity contribution in [3.05, 3.63) is 65.2 Å². The maximum absolute atomic E-state index is 13.0. The van der Waals surface area contributed by atoms with E-state index >= 15 is 0 Å². The van der Waals surface area contributed by atoms with Crippen LogP contribution in [0.5, 0.6) is 0 Å². The zero-order valence-corrected chi connectivity index (χ0v) is 15.7. The van der Waals surface area contributed by atoms with Crippen molar-refractivity contribution in [2.45, 2.75) is 31.5 Å². The number of alkyl halides is 3. The van der Waals surface area contributed by atoms with Gasteiger partial charge in [0.05, 0.1) is 11.2 Å². The largest absolute Gasteiger partial charge is 0.416 e. The number of hydrogen-bond donors (Lipinski definition) is 2. The molecule has 1 saturated heterocycles. The van der Waals surface area contributed by atoms with Crippen LogP contribution < -0.4 is 5.32 Å². The van der Waals surface area contributed by atoms with Gasteiger partial charge in [0.15, 0.2) is 5.11 Å². The Morgan fingerprint density at radius 2 is 1.78 bits per heavy atom. The van der Waals surface area contributed by atoms with Gasteiger partial charge in [-0.2, -0.15) is 13.2 Å². The number of nitrogens with one attached hydrogen (secondary N) is 1. The van der Waals surface area contributed by atoms with Gasteiger partial charge in [0.1, 0.15) is 0 Å². The first kappa shape index (κ1) is 19.6. The minimum absolute atomic E-state index is 0.301. The summed E-state index contributed by atoms with van der Waals surface area (Å²) in [5.41, 5.74) is 0.261. The maximum atomic E-state index is 13.0. The molecule has 0 aromatic heterocycles. The number of hydrogen-bond acceptors (Lipinski definition) is 2. The molecule has 1 aliphatic rings. The second kappa shape index (κ2) is 7.48. The normalized spacial score (nSPS) is 16.9. The average Bonchev–Trinajstić information content (AvgIpc) is 2.63. The Balaban J connectivity index is 1.67. The first-order valence-corrected chi connectivity index (χ1v) is 9.11. The van der Waals surface area contributed by atoms with E-state index in [0.29, 0.717) is 36.6 Å². The monoisotopic (exact) mass is 394 g/mol. The number of aliphatic hydroxyl groups is 1. The number of anilines is 1. The molecule has 0 unspecified atom stereocenters. The summed E-state index contributed by atoms with van der Waals surface area (Å²) in [6.07, 6.45) is -3.81. The van der Waals surface area contributed by atoms with E-state index in [9.17, 15) is 18.3 Å². The predicted molar refractivity (Wildman–Crippen MR) is 104 cm³/mol. The van der Waals surface area contributed by atoms with Crippen LogP contribution in [0.1, 0.15) is 29.5 Å². The van der Waals surface area contributed by atoms with Crippen LogP contribution in [-0.2, 0) is 11.8 Å². The summed E-state index contributed by atoms with van der Waals surface area (Å²) in [7, 11) is 0. The molecule has 1 heterocycles. The van der Waals surface area contributed by atoms with Crippen LogP contribution in [0.15, 0.2) is 48.5 Å². The van der Waals surface area contributed by atoms with Gasteiger partial charge in [-0.15, -0.1) is 0 Å². The molecule has 144 valence electrons. The summed E-state index contributed by atoms with van der Waals surface area (Å²) in [5.74, 6) is 0. The molecule has 0 spiro atoms. The summed E-state index contributed by atoms with van der Waals surface area (Å²) >= 11 is 5.46. The van der Waals surface area contributed by atoms with Gasteiger partial charge in [0, 0.05) is 18.8 Å². The molecule has 3 rings (SSSR count). The van der Waals surface area contributed by atoms with E-state index in [1.807, 2.05) is 36.1 Å². The highest BCUT2D eigenvalue weighted by Gasteiger charge is 2.37. The smallest absolute Gasteiger partial charge is 0.385 e. The molecule has 2 aromatic carbocycles. The van der Waals surface area contributed by atoms with Crippen molar-refractivity contribution in [3.63, 3.8) is 0 Å². The number of rotatable bonds is 2. The molecule has 0 amide bonds. The standard InChI is InChI=1S/C20H21F3N2OS/c1-14-5-2-3-8-17(14)24-18(27)25-11-9-19(26,10-12-25)15-6-4-7-16(13-15)20(21,22)23/h2-8,13,26H,9-12H2,1H3,(H,24,27). The first-order chi connectivity index (χ1) is 12.7. The quantitative estimate of drug-likeness (QED) is 0.724. The summed E-state index contributed by atoms with van der Waals surface area (Å²) in [6.45, 7) is 2.91. The van der Waals surface area contributed by atoms with Crippen molar-refractivity contribution >= 4 is 23.0 Å². The molecule has 27 heavy (non-hydrogen) atoms. The molecular weight excluding hydrogens is 373 g/mol. The van der Waals surface area contributed by atoms with Crippen molar-refractivity contribution < 1.29 is 18.3 Å². The van der Waals surface area contributed by atoms with Gasteiger partial charge in [-0.1, -0.05) is 30.3 Å². The van der Waals surface area contributed by atoms with Crippen LogP contribution in [0.4, 0.5) is 18.9 Å². The lowest BCUT2D eigenvalue weighted by molar-refractivity contribution is -0.137. The fraction of sp³-hybridized carbons (Fsp3) is 0.350. The highest BCUT2D eigenvalue weighted by atomic mass is 32.1. The number of likely N-dealkylation sites (tertiary alicyclic amines) is 1. The Kier molecular flexibility index (Phi) is 5.44. The minimum atomic E-state index is -4.42. The van der Waals surface area contributed by atoms with Crippen molar-refractivity contribution in [1.29, 1.82) is 0 Å². The highest BCUT2D eigenvalue weighted by molar-refractivity contribution is 7.80. The number of piperidine rings is 1. The van der Waals surface area contributed by atoms with Crippen molar-refractivity contribution in [2.75, 3.05) is 18.4 Å². The molecule has 0 aliphatic carbocycles. The molecule has 1 fully saturated rings. The van der Waals surface area contributed by atoms with E-state index in [1.165, 1.54) is 6.07 Å². The van der Waals surface area contributed by atoms with Crippen LogP contribution in [0.25, 0.3) is 0 Å². The summed E-state index contributed by atoms with van der Waals surface area (Å²) in [6, 6.07) is 12.7. The second-order valence-electron chi connectivity index (χ2n) is 6.84. The number of aryl methyl sites for hydroxylation is 1. The number of halogens is 3. The lowest BCUT2D eigenvalue weighted by atomic mass is 9.84. The lowest BCUT2D eigenvalue weighted by Crippen LogP contribution is -2.46. The van der Waals surface area contributed by atoms with E-state index in [0.717, 1.165) is 23.4 Å². The number of benzene rings is 2. The fourth-order valence-electron chi connectivity index (χ4n) is 3.26. The van der Waals surface area contributed by atoms with Crippen LogP contribution in [0.3, 0.4) is 0 Å². The van der Waals surface area contributed by atoms with Crippen molar-refractivity contribution in [3.8, 4) is 0 Å². The topological polar surface area (TPSA) is 35.5 Å². The SMILES string of the molecule is Cc1ccccc1NC(=S)N1CCC(O)(c2cccc(C(F)(F)F)c2)CC1. The lowest BCUT2D eigenvalue weighted by Gasteiger charge is -2.40. The number of nitrogens with zero attached hydrogens (tertiary/aromatic N) is 1. The van der Waals surface area contributed by atoms with Crippen LogP contribution in [0, 0.1) is 6.92 Å². The Morgan fingerprint density at radius 3 is 2.41 bits per heavy atom.